The molecule has 0 unspecified atom stereocenters. The lowest BCUT2D eigenvalue weighted by molar-refractivity contribution is -0.121. The van der Waals surface area contributed by atoms with Gasteiger partial charge < -0.3 is 9.64 Å². The van der Waals surface area contributed by atoms with Crippen molar-refractivity contribution in [1.29, 1.82) is 0 Å². The molecule has 4 rings (SSSR count). The van der Waals surface area contributed by atoms with Gasteiger partial charge in [0.25, 0.3) is 15.9 Å². The van der Waals surface area contributed by atoms with Crippen LogP contribution in [-0.2, 0) is 19.6 Å². The maximum Gasteiger partial charge on any atom is 0.261 e. The summed E-state index contributed by atoms with van der Waals surface area (Å²) >= 11 is 0. The lowest BCUT2D eigenvalue weighted by Gasteiger charge is -2.27. The molecule has 0 radical (unpaired) electrons. The topological polar surface area (TPSA) is 113 Å². The van der Waals surface area contributed by atoms with E-state index < -0.39 is 21.8 Å². The van der Waals surface area contributed by atoms with Gasteiger partial charge in [-0.3, -0.25) is 19.1 Å². The number of hydrogen-bond acceptors (Lipinski definition) is 6. The van der Waals surface area contributed by atoms with Gasteiger partial charge in [-0.25, -0.2) is 13.3 Å². The van der Waals surface area contributed by atoms with E-state index in [1.54, 1.807) is 23.1 Å². The minimum absolute atomic E-state index is 0.0587. The summed E-state index contributed by atoms with van der Waals surface area (Å²) in [7, 11) is -2.76. The third kappa shape index (κ3) is 4.56. The molecule has 33 heavy (non-hydrogen) atoms. The van der Waals surface area contributed by atoms with Crippen LogP contribution in [0.5, 0.6) is 5.75 Å². The van der Waals surface area contributed by atoms with E-state index in [-0.39, 0.29) is 46.3 Å². The molecule has 2 saturated heterocycles. The van der Waals surface area contributed by atoms with Crippen molar-refractivity contribution < 1.29 is 27.5 Å². The maximum atomic E-state index is 13.2. The molecule has 2 aromatic carbocycles. The number of sulfonamides is 1. The second-order valence-corrected chi connectivity index (χ2v) is 9.64. The first-order valence-corrected chi connectivity index (χ1v) is 12.2. The first-order valence-electron chi connectivity index (χ1n) is 10.8. The van der Waals surface area contributed by atoms with Gasteiger partial charge in [-0.05, 0) is 49.6 Å². The van der Waals surface area contributed by atoms with Gasteiger partial charge in [0.2, 0.25) is 11.8 Å². The van der Waals surface area contributed by atoms with Crippen LogP contribution in [0.25, 0.3) is 0 Å². The van der Waals surface area contributed by atoms with E-state index in [1.807, 2.05) is 0 Å². The fraction of sp³-hybridized carbons (Fsp3) is 0.348. The fourth-order valence-corrected chi connectivity index (χ4v) is 5.19. The summed E-state index contributed by atoms with van der Waals surface area (Å²) in [5, 5.41) is 0. The van der Waals surface area contributed by atoms with E-state index in [0.717, 1.165) is 24.2 Å². The first-order chi connectivity index (χ1) is 15.8. The molecule has 0 aliphatic carbocycles. The number of carbonyl (C=O) groups excluding carboxylic acids is 3. The SMILES string of the molecule is COc1ccc(S(=O)(=O)Nc2ccccc2C(=O)N2CCCCC2)cc1N1C(=O)CCC1=O. The van der Waals surface area contributed by atoms with Gasteiger partial charge >= 0.3 is 0 Å². The summed E-state index contributed by atoms with van der Waals surface area (Å²) in [6.45, 7) is 1.28. The van der Waals surface area contributed by atoms with Crippen LogP contribution in [-0.4, -0.2) is 51.2 Å². The van der Waals surface area contributed by atoms with Gasteiger partial charge in [0.15, 0.2) is 0 Å². The van der Waals surface area contributed by atoms with Crippen molar-refractivity contribution >= 4 is 39.1 Å². The molecule has 2 aromatic rings. The number of amides is 3. The van der Waals surface area contributed by atoms with Gasteiger partial charge in [-0.2, -0.15) is 0 Å². The van der Waals surface area contributed by atoms with Crippen molar-refractivity contribution in [3.8, 4) is 5.75 Å². The summed E-state index contributed by atoms with van der Waals surface area (Å²) in [4.78, 5) is 40.0. The van der Waals surface area contributed by atoms with Crippen LogP contribution in [0.15, 0.2) is 47.4 Å². The van der Waals surface area contributed by atoms with Gasteiger partial charge in [-0.1, -0.05) is 12.1 Å². The van der Waals surface area contributed by atoms with E-state index in [4.69, 9.17) is 4.74 Å². The molecule has 0 spiro atoms. The second-order valence-electron chi connectivity index (χ2n) is 7.96. The molecule has 0 atom stereocenters. The van der Waals surface area contributed by atoms with Crippen molar-refractivity contribution in [2.75, 3.05) is 29.8 Å². The number of carbonyl (C=O) groups is 3. The highest BCUT2D eigenvalue weighted by atomic mass is 32.2. The van der Waals surface area contributed by atoms with E-state index in [1.165, 1.54) is 31.4 Å². The number of piperidine rings is 1. The molecule has 0 saturated carbocycles. The number of likely N-dealkylation sites (tertiary alicyclic amines) is 1. The Morgan fingerprint density at radius 3 is 2.30 bits per heavy atom. The lowest BCUT2D eigenvalue weighted by atomic mass is 10.1. The van der Waals surface area contributed by atoms with Crippen molar-refractivity contribution in [3.05, 3.63) is 48.0 Å². The zero-order valence-electron chi connectivity index (χ0n) is 18.2. The predicted octanol–water partition coefficient (Wildman–Crippen LogP) is 2.78. The molecule has 2 fully saturated rings. The summed E-state index contributed by atoms with van der Waals surface area (Å²) < 4.78 is 34.2. The molecule has 10 heteroatoms. The smallest absolute Gasteiger partial charge is 0.261 e. The number of anilines is 2. The minimum Gasteiger partial charge on any atom is -0.495 e. The van der Waals surface area contributed by atoms with Crippen molar-refractivity contribution in [3.63, 3.8) is 0 Å². The van der Waals surface area contributed by atoms with E-state index in [9.17, 15) is 22.8 Å². The standard InChI is InChI=1S/C23H25N3O6S/c1-32-20-10-9-16(15-19(20)26-21(27)11-12-22(26)28)33(30,31)24-18-8-4-3-7-17(18)23(29)25-13-5-2-6-14-25/h3-4,7-10,15,24H,2,5-6,11-14H2,1H3. The highest BCUT2D eigenvalue weighted by molar-refractivity contribution is 7.92. The monoisotopic (exact) mass is 471 g/mol. The Morgan fingerprint density at radius 1 is 0.970 bits per heavy atom. The molecular formula is C23H25N3O6S. The highest BCUT2D eigenvalue weighted by Crippen LogP contribution is 2.35. The number of ether oxygens (including phenoxy) is 1. The largest absolute Gasteiger partial charge is 0.495 e. The number of hydrogen-bond donors (Lipinski definition) is 1. The Morgan fingerprint density at radius 2 is 1.64 bits per heavy atom. The number of benzene rings is 2. The molecular weight excluding hydrogens is 446 g/mol. The van der Waals surface area contributed by atoms with Crippen LogP contribution in [0.2, 0.25) is 0 Å². The van der Waals surface area contributed by atoms with Gasteiger partial charge in [-0.15, -0.1) is 0 Å². The van der Waals surface area contributed by atoms with Crippen LogP contribution < -0.4 is 14.4 Å². The zero-order chi connectivity index (χ0) is 23.6. The van der Waals surface area contributed by atoms with Crippen molar-refractivity contribution in [1.82, 2.24) is 4.90 Å². The number of rotatable bonds is 6. The number of nitrogens with one attached hydrogen (secondary N) is 1. The van der Waals surface area contributed by atoms with Crippen LogP contribution >= 0.6 is 0 Å². The Balaban J connectivity index is 1.67. The average Bonchev–Trinajstić information content (AvgIpc) is 3.16. The zero-order valence-corrected chi connectivity index (χ0v) is 19.1. The molecule has 174 valence electrons. The van der Waals surface area contributed by atoms with Gasteiger partial charge in [0.05, 0.1) is 28.9 Å². The third-order valence-corrected chi connectivity index (χ3v) is 7.16. The van der Waals surface area contributed by atoms with Crippen LogP contribution in [0.1, 0.15) is 42.5 Å². The average molecular weight is 472 g/mol. The number of nitrogens with zero attached hydrogens (tertiary/aromatic N) is 2. The van der Waals surface area contributed by atoms with Gasteiger partial charge in [0, 0.05) is 25.9 Å². The lowest BCUT2D eigenvalue weighted by Crippen LogP contribution is -2.36. The first kappa shape index (κ1) is 22.8. The number of para-hydroxylation sites is 1. The molecule has 9 nitrogen and oxygen atoms in total. The summed E-state index contributed by atoms with van der Waals surface area (Å²) in [6.07, 6.45) is 3.02. The number of imide groups is 1. The van der Waals surface area contributed by atoms with Gasteiger partial charge in [0.1, 0.15) is 5.75 Å². The highest BCUT2D eigenvalue weighted by Gasteiger charge is 2.33. The Hall–Kier alpha value is -3.40. The Kier molecular flexibility index (Phi) is 6.37. The summed E-state index contributed by atoms with van der Waals surface area (Å²) in [6, 6.07) is 10.4. The molecule has 0 aromatic heterocycles. The third-order valence-electron chi connectivity index (χ3n) is 5.80. The number of methoxy groups -OCH3 is 1. The Labute approximate surface area is 192 Å². The van der Waals surface area contributed by atoms with Crippen LogP contribution in [0.3, 0.4) is 0 Å². The molecule has 3 amide bonds. The van der Waals surface area contributed by atoms with Crippen molar-refractivity contribution in [2.45, 2.75) is 37.0 Å². The van der Waals surface area contributed by atoms with E-state index >= 15 is 0 Å². The minimum atomic E-state index is -4.14. The van der Waals surface area contributed by atoms with E-state index in [2.05, 4.69) is 4.72 Å². The maximum absolute atomic E-state index is 13.2. The predicted molar refractivity (Wildman–Crippen MR) is 122 cm³/mol. The Bertz CT molecular complexity index is 1190. The normalized spacial score (nSPS) is 16.8. The summed E-state index contributed by atoms with van der Waals surface area (Å²) in [5.74, 6) is -0.855. The second kappa shape index (κ2) is 9.22. The quantitative estimate of drug-likeness (QED) is 0.648. The molecule has 0 bridgehead atoms. The fourth-order valence-electron chi connectivity index (χ4n) is 4.09. The summed E-state index contributed by atoms with van der Waals surface area (Å²) in [5.41, 5.74) is 0.505. The molecule has 2 aliphatic heterocycles. The molecule has 2 aliphatic rings. The van der Waals surface area contributed by atoms with Crippen LogP contribution in [0.4, 0.5) is 11.4 Å². The van der Waals surface area contributed by atoms with Crippen molar-refractivity contribution in [2.24, 2.45) is 0 Å². The molecule has 2 heterocycles. The van der Waals surface area contributed by atoms with Crippen LogP contribution in [0, 0.1) is 0 Å². The molecule has 1 N–H and O–H groups in total. The van der Waals surface area contributed by atoms with E-state index in [0.29, 0.717) is 13.1 Å².